The predicted octanol–water partition coefficient (Wildman–Crippen LogP) is 1.36. The van der Waals surface area contributed by atoms with Gasteiger partial charge in [-0.3, -0.25) is 9.36 Å². The minimum absolute atomic E-state index is 0.751. The number of rotatable bonds is 3. The summed E-state index contributed by atoms with van der Waals surface area (Å²) >= 11 is 0. The minimum atomic E-state index is 0.751. The topological polar surface area (TPSA) is 61.7 Å². The molecule has 5 heteroatoms. The zero-order chi connectivity index (χ0) is 11.7. The second kappa shape index (κ2) is 4.00. The Morgan fingerprint density at radius 2 is 2.12 bits per heavy atom. The van der Waals surface area contributed by atoms with Crippen molar-refractivity contribution in [3.63, 3.8) is 0 Å². The molecular weight excluding hydrogens is 202 g/mol. The molecule has 0 saturated heterocycles. The van der Waals surface area contributed by atoms with Crippen LogP contribution in [0.1, 0.15) is 18.9 Å². The van der Waals surface area contributed by atoms with Crippen molar-refractivity contribution in [3.8, 4) is 11.3 Å². The molecule has 0 saturated carbocycles. The van der Waals surface area contributed by atoms with E-state index in [0.29, 0.717) is 0 Å². The molecule has 16 heavy (non-hydrogen) atoms. The van der Waals surface area contributed by atoms with Crippen molar-refractivity contribution in [1.82, 2.24) is 19.6 Å². The molecule has 2 heterocycles. The minimum Gasteiger partial charge on any atom is -0.384 e. The summed E-state index contributed by atoms with van der Waals surface area (Å²) < 4.78 is 3.50. The third kappa shape index (κ3) is 1.68. The fourth-order valence-corrected chi connectivity index (χ4v) is 1.85. The number of hydrogen-bond acceptors (Lipinski definition) is 3. The van der Waals surface area contributed by atoms with Gasteiger partial charge < -0.3 is 5.73 Å². The molecule has 2 N–H and O–H groups in total. The summed E-state index contributed by atoms with van der Waals surface area (Å²) in [7, 11) is 3.77. The van der Waals surface area contributed by atoms with Crippen molar-refractivity contribution in [2.45, 2.75) is 19.8 Å². The van der Waals surface area contributed by atoms with Gasteiger partial charge in [0.05, 0.1) is 6.20 Å². The number of anilines is 1. The van der Waals surface area contributed by atoms with Crippen LogP contribution >= 0.6 is 0 Å². The van der Waals surface area contributed by atoms with Crippen molar-refractivity contribution < 1.29 is 0 Å². The molecule has 0 fully saturated rings. The SMILES string of the molecule is CCCc1c(-c2cnn(C)c2)nn(C)c1N. The maximum Gasteiger partial charge on any atom is 0.125 e. The number of nitrogen functional groups attached to an aromatic ring is 1. The van der Waals surface area contributed by atoms with Crippen molar-refractivity contribution in [3.05, 3.63) is 18.0 Å². The highest BCUT2D eigenvalue weighted by Gasteiger charge is 2.15. The van der Waals surface area contributed by atoms with Gasteiger partial charge in [-0.05, 0) is 6.42 Å². The lowest BCUT2D eigenvalue weighted by molar-refractivity contribution is 0.767. The molecule has 0 amide bonds. The van der Waals surface area contributed by atoms with Gasteiger partial charge in [-0.25, -0.2) is 0 Å². The van der Waals surface area contributed by atoms with E-state index < -0.39 is 0 Å². The lowest BCUT2D eigenvalue weighted by atomic mass is 10.1. The summed E-state index contributed by atoms with van der Waals surface area (Å²) in [5, 5.41) is 8.61. The van der Waals surface area contributed by atoms with Crippen LogP contribution in [0, 0.1) is 0 Å². The maximum atomic E-state index is 6.01. The molecule has 2 aromatic heterocycles. The largest absolute Gasteiger partial charge is 0.384 e. The Hall–Kier alpha value is -1.78. The highest BCUT2D eigenvalue weighted by atomic mass is 15.3. The average Bonchev–Trinajstić information content (AvgIpc) is 2.78. The van der Waals surface area contributed by atoms with Gasteiger partial charge in [0.15, 0.2) is 0 Å². The summed E-state index contributed by atoms with van der Waals surface area (Å²) in [4.78, 5) is 0. The zero-order valence-corrected chi connectivity index (χ0v) is 9.94. The monoisotopic (exact) mass is 219 g/mol. The van der Waals surface area contributed by atoms with Crippen LogP contribution in [0.25, 0.3) is 11.3 Å². The van der Waals surface area contributed by atoms with Crippen molar-refractivity contribution >= 4 is 5.82 Å². The average molecular weight is 219 g/mol. The number of nitrogens with two attached hydrogens (primary N) is 1. The van der Waals surface area contributed by atoms with E-state index in [1.165, 1.54) is 0 Å². The van der Waals surface area contributed by atoms with Crippen molar-refractivity contribution in [2.75, 3.05) is 5.73 Å². The van der Waals surface area contributed by atoms with Crippen LogP contribution in [0.3, 0.4) is 0 Å². The fourth-order valence-electron chi connectivity index (χ4n) is 1.85. The Morgan fingerprint density at radius 3 is 2.69 bits per heavy atom. The molecule has 0 atom stereocenters. The summed E-state index contributed by atoms with van der Waals surface area (Å²) in [6.45, 7) is 2.14. The number of aryl methyl sites for hydroxylation is 2. The molecule has 2 rings (SSSR count). The van der Waals surface area contributed by atoms with Gasteiger partial charge in [-0.1, -0.05) is 13.3 Å². The van der Waals surface area contributed by atoms with Crippen LogP contribution < -0.4 is 5.73 Å². The summed E-state index contributed by atoms with van der Waals surface area (Å²) in [6.07, 6.45) is 5.79. The van der Waals surface area contributed by atoms with E-state index in [0.717, 1.165) is 35.5 Å². The van der Waals surface area contributed by atoms with E-state index in [4.69, 9.17) is 5.73 Å². The molecular formula is C11H17N5. The van der Waals surface area contributed by atoms with Crippen molar-refractivity contribution in [1.29, 1.82) is 0 Å². The standard InChI is InChI=1S/C11H17N5/c1-4-5-9-10(14-16(3)11(9)12)8-6-13-15(2)7-8/h6-7H,4-5,12H2,1-3H3. The molecule has 0 bridgehead atoms. The van der Waals surface area contributed by atoms with E-state index in [2.05, 4.69) is 17.1 Å². The highest BCUT2D eigenvalue weighted by molar-refractivity contribution is 5.67. The van der Waals surface area contributed by atoms with Crippen LogP contribution in [0.4, 0.5) is 5.82 Å². The van der Waals surface area contributed by atoms with Crippen molar-refractivity contribution in [2.24, 2.45) is 14.1 Å². The first-order valence-corrected chi connectivity index (χ1v) is 5.43. The first kappa shape index (κ1) is 10.7. The normalized spacial score (nSPS) is 10.9. The lowest BCUT2D eigenvalue weighted by Gasteiger charge is -1.99. The smallest absolute Gasteiger partial charge is 0.125 e. The number of nitrogens with zero attached hydrogens (tertiary/aromatic N) is 4. The summed E-state index contributed by atoms with van der Waals surface area (Å²) in [6, 6.07) is 0. The molecule has 0 radical (unpaired) electrons. The van der Waals surface area contributed by atoms with Crippen LogP contribution in [-0.4, -0.2) is 19.6 Å². The molecule has 0 aliphatic carbocycles. The van der Waals surface area contributed by atoms with Gasteiger partial charge >= 0.3 is 0 Å². The summed E-state index contributed by atoms with van der Waals surface area (Å²) in [5.74, 6) is 0.751. The third-order valence-corrected chi connectivity index (χ3v) is 2.67. The third-order valence-electron chi connectivity index (χ3n) is 2.67. The molecule has 0 unspecified atom stereocenters. The van der Waals surface area contributed by atoms with Gasteiger partial charge in [0.25, 0.3) is 0 Å². The van der Waals surface area contributed by atoms with E-state index in [9.17, 15) is 0 Å². The Balaban J connectivity index is 2.51. The van der Waals surface area contributed by atoms with Crippen LogP contribution in [0.2, 0.25) is 0 Å². The fraction of sp³-hybridized carbons (Fsp3) is 0.455. The second-order valence-electron chi connectivity index (χ2n) is 3.99. The maximum absolute atomic E-state index is 6.01. The second-order valence-corrected chi connectivity index (χ2v) is 3.99. The predicted molar refractivity (Wildman–Crippen MR) is 63.8 cm³/mol. The van der Waals surface area contributed by atoms with Gasteiger partial charge in [-0.15, -0.1) is 0 Å². The molecule has 2 aromatic rings. The van der Waals surface area contributed by atoms with Gasteiger partial charge in [0, 0.05) is 31.4 Å². The Labute approximate surface area is 94.9 Å². The number of aromatic nitrogens is 4. The lowest BCUT2D eigenvalue weighted by Crippen LogP contribution is -1.99. The summed E-state index contributed by atoms with van der Waals surface area (Å²) in [5.41, 5.74) is 9.11. The first-order valence-electron chi connectivity index (χ1n) is 5.43. The van der Waals surface area contributed by atoms with E-state index in [1.54, 1.807) is 9.36 Å². The highest BCUT2D eigenvalue weighted by Crippen LogP contribution is 2.27. The first-order chi connectivity index (χ1) is 7.63. The van der Waals surface area contributed by atoms with Gasteiger partial charge in [0.2, 0.25) is 0 Å². The quantitative estimate of drug-likeness (QED) is 0.847. The van der Waals surface area contributed by atoms with E-state index in [-0.39, 0.29) is 0 Å². The van der Waals surface area contributed by atoms with Crippen LogP contribution in [-0.2, 0) is 20.5 Å². The van der Waals surface area contributed by atoms with Crippen LogP contribution in [0.15, 0.2) is 12.4 Å². The van der Waals surface area contributed by atoms with Crippen LogP contribution in [0.5, 0.6) is 0 Å². The Morgan fingerprint density at radius 1 is 1.38 bits per heavy atom. The molecule has 0 aliphatic rings. The van der Waals surface area contributed by atoms with E-state index >= 15 is 0 Å². The molecule has 0 aliphatic heterocycles. The number of hydrogen-bond donors (Lipinski definition) is 1. The zero-order valence-electron chi connectivity index (χ0n) is 9.94. The molecule has 0 spiro atoms. The van der Waals surface area contributed by atoms with Gasteiger partial charge in [0.1, 0.15) is 11.5 Å². The molecule has 5 nitrogen and oxygen atoms in total. The van der Waals surface area contributed by atoms with E-state index in [1.807, 2.05) is 26.5 Å². The Bertz CT molecular complexity index is 494. The molecule has 86 valence electrons. The van der Waals surface area contributed by atoms with Gasteiger partial charge in [-0.2, -0.15) is 10.2 Å². The molecule has 0 aromatic carbocycles. The Kier molecular flexibility index (Phi) is 2.68.